The van der Waals surface area contributed by atoms with E-state index >= 15 is 0 Å². The molecular weight excluding hydrogens is 416 g/mol. The predicted octanol–water partition coefficient (Wildman–Crippen LogP) is 3.38. The summed E-state index contributed by atoms with van der Waals surface area (Å²) in [5.74, 6) is 0.664. The van der Waals surface area contributed by atoms with Crippen LogP contribution in [0.3, 0.4) is 0 Å². The topological polar surface area (TPSA) is 109 Å². The quantitative estimate of drug-likeness (QED) is 0.568. The summed E-state index contributed by atoms with van der Waals surface area (Å²) in [6, 6.07) is 8.47. The van der Waals surface area contributed by atoms with Crippen molar-refractivity contribution in [3.8, 4) is 10.6 Å². The Bertz CT molecular complexity index is 1060. The average molecular weight is 439 g/mol. The van der Waals surface area contributed by atoms with Crippen LogP contribution in [0.4, 0.5) is 16.4 Å². The van der Waals surface area contributed by atoms with Crippen molar-refractivity contribution in [2.75, 3.05) is 24.3 Å². The summed E-state index contributed by atoms with van der Waals surface area (Å²) in [6.07, 6.45) is 5.12. The molecule has 0 aromatic carbocycles. The molecule has 160 valence electrons. The van der Waals surface area contributed by atoms with E-state index in [0.717, 1.165) is 35.7 Å². The molecule has 31 heavy (non-hydrogen) atoms. The van der Waals surface area contributed by atoms with Crippen molar-refractivity contribution < 1.29 is 14.3 Å². The lowest BCUT2D eigenvalue weighted by Crippen LogP contribution is -2.36. The van der Waals surface area contributed by atoms with Crippen molar-refractivity contribution >= 4 is 35.0 Å². The van der Waals surface area contributed by atoms with E-state index in [4.69, 9.17) is 4.74 Å². The fourth-order valence-corrected chi connectivity index (χ4v) is 4.24. The van der Waals surface area contributed by atoms with E-state index in [-0.39, 0.29) is 12.0 Å². The first-order valence-corrected chi connectivity index (χ1v) is 10.7. The van der Waals surface area contributed by atoms with E-state index in [2.05, 4.69) is 25.6 Å². The Hall–Kier alpha value is -3.37. The number of likely N-dealkylation sites (tertiary alicyclic amines) is 1. The molecule has 0 radical (unpaired) electrons. The van der Waals surface area contributed by atoms with Gasteiger partial charge < -0.3 is 4.74 Å². The number of rotatable bonds is 6. The van der Waals surface area contributed by atoms with Gasteiger partial charge in [-0.2, -0.15) is 0 Å². The number of nitrogens with one attached hydrogen (secondary N) is 2. The molecule has 1 aliphatic rings. The highest BCUT2D eigenvalue weighted by Crippen LogP contribution is 2.25. The van der Waals surface area contributed by atoms with E-state index in [0.29, 0.717) is 18.2 Å². The largest absolute Gasteiger partial charge is 0.468 e. The number of aromatic nitrogens is 3. The van der Waals surface area contributed by atoms with E-state index in [1.165, 1.54) is 18.4 Å². The first-order valence-electron chi connectivity index (χ1n) is 9.84. The van der Waals surface area contributed by atoms with Gasteiger partial charge in [0.1, 0.15) is 22.7 Å². The van der Waals surface area contributed by atoms with E-state index in [1.54, 1.807) is 23.8 Å². The number of hydrogen-bond donors (Lipinski definition) is 2. The summed E-state index contributed by atoms with van der Waals surface area (Å²) >= 11 is 1.44. The summed E-state index contributed by atoms with van der Waals surface area (Å²) in [7, 11) is 1.41. The molecule has 1 aliphatic heterocycles. The number of urea groups is 1. The van der Waals surface area contributed by atoms with Gasteiger partial charge in [-0.3, -0.25) is 25.3 Å². The highest BCUT2D eigenvalue weighted by atomic mass is 32.1. The van der Waals surface area contributed by atoms with Gasteiger partial charge in [-0.25, -0.2) is 14.8 Å². The van der Waals surface area contributed by atoms with E-state index in [1.807, 2.05) is 29.2 Å². The van der Waals surface area contributed by atoms with Gasteiger partial charge in [0.25, 0.3) is 0 Å². The Morgan fingerprint density at radius 1 is 1.16 bits per heavy atom. The fraction of sp³-hybridized carbons (Fsp3) is 0.286. The summed E-state index contributed by atoms with van der Waals surface area (Å²) in [4.78, 5) is 39.3. The van der Waals surface area contributed by atoms with Crippen LogP contribution in [0.1, 0.15) is 18.5 Å². The standard InChI is InChI=1S/C21H22N6O3S/c1-30-20(28)16-5-3-11-27(16)12-15-4-2-6-17(23-15)25-21(29)26-18-13-31-19(24-18)14-7-9-22-10-8-14/h2,4,6-10,13,16H,3,5,11-12H2,1H3,(H2,23,25,26,29). The second-order valence-corrected chi connectivity index (χ2v) is 7.88. The molecule has 2 N–H and O–H groups in total. The minimum absolute atomic E-state index is 0.222. The average Bonchev–Trinajstić information content (AvgIpc) is 3.44. The van der Waals surface area contributed by atoms with Gasteiger partial charge in [0, 0.05) is 29.9 Å². The Kier molecular flexibility index (Phi) is 6.48. The first kappa shape index (κ1) is 20.9. The van der Waals surface area contributed by atoms with Crippen LogP contribution >= 0.6 is 11.3 Å². The normalized spacial score (nSPS) is 16.1. The molecule has 9 nitrogen and oxygen atoms in total. The third kappa shape index (κ3) is 5.22. The van der Waals surface area contributed by atoms with E-state index < -0.39 is 6.03 Å². The van der Waals surface area contributed by atoms with Crippen molar-refractivity contribution in [3.05, 3.63) is 53.8 Å². The summed E-state index contributed by atoms with van der Waals surface area (Å²) in [5, 5.41) is 8.03. The molecule has 4 rings (SSSR count). The number of hydrogen-bond acceptors (Lipinski definition) is 8. The molecule has 4 heterocycles. The third-order valence-corrected chi connectivity index (χ3v) is 5.81. The van der Waals surface area contributed by atoms with Crippen LogP contribution in [0, 0.1) is 0 Å². The van der Waals surface area contributed by atoms with Crippen LogP contribution in [0.15, 0.2) is 48.1 Å². The number of esters is 1. The Labute approximate surface area is 183 Å². The second kappa shape index (κ2) is 9.63. The van der Waals surface area contributed by atoms with Gasteiger partial charge in [0.15, 0.2) is 0 Å². The van der Waals surface area contributed by atoms with Gasteiger partial charge in [-0.15, -0.1) is 11.3 Å². The molecule has 2 amide bonds. The second-order valence-electron chi connectivity index (χ2n) is 7.02. The lowest BCUT2D eigenvalue weighted by molar-refractivity contribution is -0.146. The number of carbonyl (C=O) groups excluding carboxylic acids is 2. The predicted molar refractivity (Wildman–Crippen MR) is 118 cm³/mol. The fourth-order valence-electron chi connectivity index (χ4n) is 3.49. The smallest absolute Gasteiger partial charge is 0.326 e. The maximum atomic E-state index is 12.4. The number of anilines is 2. The SMILES string of the molecule is COC(=O)C1CCCN1Cc1cccc(NC(=O)Nc2csc(-c3ccncc3)n2)n1. The lowest BCUT2D eigenvalue weighted by atomic mass is 10.2. The molecule has 1 saturated heterocycles. The molecule has 0 saturated carbocycles. The zero-order valence-corrected chi connectivity index (χ0v) is 17.8. The van der Waals surface area contributed by atoms with Crippen LogP contribution in [-0.2, 0) is 16.1 Å². The maximum absolute atomic E-state index is 12.4. The number of pyridine rings is 2. The number of nitrogens with zero attached hydrogens (tertiary/aromatic N) is 4. The van der Waals surface area contributed by atoms with Crippen LogP contribution in [0.5, 0.6) is 0 Å². The zero-order valence-electron chi connectivity index (χ0n) is 16.9. The highest BCUT2D eigenvalue weighted by Gasteiger charge is 2.31. The van der Waals surface area contributed by atoms with Gasteiger partial charge >= 0.3 is 12.0 Å². The van der Waals surface area contributed by atoms with Crippen LogP contribution in [0.2, 0.25) is 0 Å². The van der Waals surface area contributed by atoms with Crippen LogP contribution in [0.25, 0.3) is 10.6 Å². The lowest BCUT2D eigenvalue weighted by Gasteiger charge is -2.22. The zero-order chi connectivity index (χ0) is 21.6. The minimum atomic E-state index is -0.426. The molecule has 1 unspecified atom stereocenters. The molecule has 3 aromatic rings. The Balaban J connectivity index is 1.36. The minimum Gasteiger partial charge on any atom is -0.468 e. The van der Waals surface area contributed by atoms with Crippen molar-refractivity contribution in [1.29, 1.82) is 0 Å². The van der Waals surface area contributed by atoms with E-state index in [9.17, 15) is 9.59 Å². The van der Waals surface area contributed by atoms with Gasteiger partial charge in [-0.1, -0.05) is 6.07 Å². The molecule has 1 atom stereocenters. The molecule has 0 bridgehead atoms. The molecule has 3 aromatic heterocycles. The molecular formula is C21H22N6O3S. The molecule has 10 heteroatoms. The van der Waals surface area contributed by atoms with Gasteiger partial charge in [0.05, 0.1) is 12.8 Å². The number of ether oxygens (including phenoxy) is 1. The first-order chi connectivity index (χ1) is 15.1. The number of thiazole rings is 1. The molecule has 0 aliphatic carbocycles. The third-order valence-electron chi connectivity index (χ3n) is 4.92. The van der Waals surface area contributed by atoms with Crippen LogP contribution < -0.4 is 10.6 Å². The number of methoxy groups -OCH3 is 1. The monoisotopic (exact) mass is 438 g/mol. The maximum Gasteiger partial charge on any atom is 0.326 e. The Morgan fingerprint density at radius 2 is 1.97 bits per heavy atom. The Morgan fingerprint density at radius 3 is 2.77 bits per heavy atom. The molecule has 1 fully saturated rings. The van der Waals surface area contributed by atoms with Gasteiger partial charge in [-0.05, 0) is 43.7 Å². The number of amides is 2. The summed E-state index contributed by atoms with van der Waals surface area (Å²) in [6.45, 7) is 1.32. The van der Waals surface area contributed by atoms with Crippen molar-refractivity contribution in [3.63, 3.8) is 0 Å². The summed E-state index contributed by atoms with van der Waals surface area (Å²) in [5.41, 5.74) is 1.71. The molecule has 0 spiro atoms. The summed E-state index contributed by atoms with van der Waals surface area (Å²) < 4.78 is 4.89. The van der Waals surface area contributed by atoms with Crippen molar-refractivity contribution in [2.45, 2.75) is 25.4 Å². The number of carbonyl (C=O) groups is 2. The van der Waals surface area contributed by atoms with Gasteiger partial charge in [0.2, 0.25) is 0 Å². The van der Waals surface area contributed by atoms with Crippen molar-refractivity contribution in [2.24, 2.45) is 0 Å². The van der Waals surface area contributed by atoms with Crippen LogP contribution in [-0.4, -0.2) is 51.5 Å². The highest BCUT2D eigenvalue weighted by molar-refractivity contribution is 7.13. The van der Waals surface area contributed by atoms with Crippen molar-refractivity contribution in [1.82, 2.24) is 19.9 Å².